The van der Waals surface area contributed by atoms with Crippen molar-refractivity contribution in [2.24, 2.45) is 11.3 Å². The first-order valence-corrected chi connectivity index (χ1v) is 22.9. The molecule has 0 bridgehead atoms. The van der Waals surface area contributed by atoms with Crippen molar-refractivity contribution in [1.82, 2.24) is 9.97 Å². The van der Waals surface area contributed by atoms with Crippen molar-refractivity contribution < 1.29 is 24.5 Å². The molecule has 1 radical (unpaired) electrons. The van der Waals surface area contributed by atoms with E-state index in [4.69, 9.17) is 14.4 Å². The smallest absolute Gasteiger partial charge is 0.121 e. The van der Waals surface area contributed by atoms with E-state index in [2.05, 4.69) is 132 Å². The molecule has 4 aromatic carbocycles. The van der Waals surface area contributed by atoms with Crippen LogP contribution >= 0.6 is 0 Å². The van der Waals surface area contributed by atoms with E-state index >= 15 is 0 Å². The largest absolute Gasteiger partial charge is 0.501 e. The average molecular weight is 905 g/mol. The third-order valence-corrected chi connectivity index (χ3v) is 12.4. The van der Waals surface area contributed by atoms with Gasteiger partial charge in [-0.2, -0.15) is 0 Å². The summed E-state index contributed by atoms with van der Waals surface area (Å²) in [6, 6.07) is 42.5. The minimum Gasteiger partial charge on any atom is -0.501 e. The predicted molar refractivity (Wildman–Crippen MR) is 226 cm³/mol. The molecule has 0 spiro atoms. The van der Waals surface area contributed by atoms with Crippen molar-refractivity contribution in [1.29, 1.82) is 0 Å². The van der Waals surface area contributed by atoms with Crippen LogP contribution in [0.4, 0.5) is 0 Å². The number of furan rings is 1. The second-order valence-corrected chi connectivity index (χ2v) is 22.1. The molecule has 7 aromatic rings. The number of aromatic nitrogens is 2. The van der Waals surface area contributed by atoms with Gasteiger partial charge in [-0.05, 0) is 64.0 Å². The van der Waals surface area contributed by atoms with E-state index in [-0.39, 0.29) is 25.5 Å². The zero-order chi connectivity index (χ0) is 37.0. The SMILES string of the molecule is CC(C)(C)Cc1cc(-c2[c-]cccc2)ncc1[Si](C)(C)C.[Ir].[c-]1ccc2c(oc3cc(-c4ccccc4)ccc32)c1-c1cc(CC2CCCCC2)ccn1. The fourth-order valence-electron chi connectivity index (χ4n) is 7.79. The van der Waals surface area contributed by atoms with Crippen LogP contribution in [-0.4, -0.2) is 18.0 Å². The molecule has 5 heteroatoms. The van der Waals surface area contributed by atoms with Crippen LogP contribution in [0.15, 0.2) is 120 Å². The molecule has 1 fully saturated rings. The van der Waals surface area contributed by atoms with Crippen molar-refractivity contribution in [3.8, 4) is 33.6 Å². The summed E-state index contributed by atoms with van der Waals surface area (Å²) in [4.78, 5) is 9.41. The number of rotatable bonds is 7. The Morgan fingerprint density at radius 3 is 2.24 bits per heavy atom. The molecule has 1 saturated carbocycles. The first kappa shape index (κ1) is 39.5. The van der Waals surface area contributed by atoms with Crippen LogP contribution in [0.5, 0.6) is 0 Å². The number of benzene rings is 4. The van der Waals surface area contributed by atoms with Gasteiger partial charge in [0.25, 0.3) is 0 Å². The predicted octanol–water partition coefficient (Wildman–Crippen LogP) is 12.9. The summed E-state index contributed by atoms with van der Waals surface area (Å²) in [5.74, 6) is 0.807. The molecule has 8 rings (SSSR count). The molecule has 3 aromatic heterocycles. The Kier molecular flexibility index (Phi) is 12.5. The van der Waals surface area contributed by atoms with Gasteiger partial charge in [-0.1, -0.05) is 149 Å². The summed E-state index contributed by atoms with van der Waals surface area (Å²) in [6.07, 6.45) is 13.1. The van der Waals surface area contributed by atoms with Gasteiger partial charge in [0.2, 0.25) is 0 Å². The van der Waals surface area contributed by atoms with Crippen LogP contribution in [0, 0.1) is 23.5 Å². The Morgan fingerprint density at radius 1 is 0.741 bits per heavy atom. The van der Waals surface area contributed by atoms with Gasteiger partial charge in [0, 0.05) is 37.9 Å². The van der Waals surface area contributed by atoms with Gasteiger partial charge in [0.05, 0.1) is 13.7 Å². The van der Waals surface area contributed by atoms with Gasteiger partial charge in [-0.25, -0.2) is 0 Å². The molecule has 54 heavy (non-hydrogen) atoms. The van der Waals surface area contributed by atoms with Crippen LogP contribution in [0.2, 0.25) is 19.6 Å². The Bertz CT molecular complexity index is 2300. The summed E-state index contributed by atoms with van der Waals surface area (Å²) >= 11 is 0. The molecule has 0 aliphatic heterocycles. The molecule has 1 aliphatic rings. The number of hydrogen-bond acceptors (Lipinski definition) is 3. The normalized spacial score (nSPS) is 13.7. The van der Waals surface area contributed by atoms with Crippen molar-refractivity contribution in [2.75, 3.05) is 0 Å². The zero-order valence-corrected chi connectivity index (χ0v) is 36.0. The number of fused-ring (bicyclic) bond motifs is 3. The van der Waals surface area contributed by atoms with E-state index in [9.17, 15) is 0 Å². The third kappa shape index (κ3) is 9.55. The third-order valence-electron chi connectivity index (χ3n) is 10.4. The maximum absolute atomic E-state index is 6.42. The Labute approximate surface area is 337 Å². The molecule has 279 valence electrons. The molecule has 0 saturated heterocycles. The molecular weight excluding hydrogens is 853 g/mol. The first-order chi connectivity index (χ1) is 25.5. The minimum atomic E-state index is -1.37. The topological polar surface area (TPSA) is 38.9 Å². The van der Waals surface area contributed by atoms with Gasteiger partial charge in [0.1, 0.15) is 5.58 Å². The molecule has 0 atom stereocenters. The number of pyridine rings is 2. The number of hydrogen-bond donors (Lipinski definition) is 0. The molecule has 1 aliphatic carbocycles. The standard InChI is InChI=1S/C30H26NO.C19H26NSi.Ir/c1-3-8-21(9-4-1)18-22-16-17-31-28(19-22)27-13-7-12-26-25-15-14-24(20-29(25)32-30(26)27)23-10-5-2-6-11-23;1-19(2,3)13-16-12-17(15-10-8-7-9-11-15)20-14-18(16)21(4,5)6;/h2,5-7,10-12,14-17,19-21H,1,3-4,8-9,18H2;7-10,12,14H,13H2,1-6H3;/q2*-1;. The van der Waals surface area contributed by atoms with Crippen molar-refractivity contribution >= 4 is 35.2 Å². The summed E-state index contributed by atoms with van der Waals surface area (Å²) in [5.41, 5.74) is 11.3. The second kappa shape index (κ2) is 17.1. The molecule has 3 heterocycles. The van der Waals surface area contributed by atoms with Crippen LogP contribution < -0.4 is 5.19 Å². The fourth-order valence-corrected chi connectivity index (χ4v) is 9.37. The minimum absolute atomic E-state index is 0. The van der Waals surface area contributed by atoms with E-state index in [1.54, 1.807) is 0 Å². The quantitative estimate of drug-likeness (QED) is 0.118. The van der Waals surface area contributed by atoms with E-state index in [1.807, 2.05) is 36.5 Å². The number of nitrogens with zero attached hydrogens (tertiary/aromatic N) is 2. The van der Waals surface area contributed by atoms with E-state index in [0.29, 0.717) is 0 Å². The summed E-state index contributed by atoms with van der Waals surface area (Å²) in [7, 11) is -1.37. The van der Waals surface area contributed by atoms with Crippen LogP contribution in [0.3, 0.4) is 0 Å². The molecule has 0 amide bonds. The molecule has 3 nitrogen and oxygen atoms in total. The first-order valence-electron chi connectivity index (χ1n) is 19.4. The second-order valence-electron chi connectivity index (χ2n) is 17.0. The van der Waals surface area contributed by atoms with Crippen molar-refractivity contribution in [3.63, 3.8) is 0 Å². The van der Waals surface area contributed by atoms with E-state index < -0.39 is 8.07 Å². The van der Waals surface area contributed by atoms with Gasteiger partial charge in [-0.3, -0.25) is 0 Å². The van der Waals surface area contributed by atoms with Crippen LogP contribution in [0.25, 0.3) is 55.6 Å². The zero-order valence-electron chi connectivity index (χ0n) is 32.6. The maximum atomic E-state index is 6.42. The Hall–Kier alpha value is -4.15. The fraction of sp³-hybridized carbons (Fsp3) is 0.306. The van der Waals surface area contributed by atoms with Gasteiger partial charge >= 0.3 is 0 Å². The molecule has 0 N–H and O–H groups in total. The molecule has 0 unspecified atom stereocenters. The van der Waals surface area contributed by atoms with Gasteiger partial charge in [0.15, 0.2) is 0 Å². The summed E-state index contributed by atoms with van der Waals surface area (Å²) in [5, 5.41) is 3.73. The van der Waals surface area contributed by atoms with Crippen LogP contribution in [0.1, 0.15) is 64.0 Å². The van der Waals surface area contributed by atoms with Gasteiger partial charge in [-0.15, -0.1) is 54.1 Å². The van der Waals surface area contributed by atoms with E-state index in [0.717, 1.165) is 68.8 Å². The Balaban J connectivity index is 0.000000198. The van der Waals surface area contributed by atoms with Crippen molar-refractivity contribution in [2.45, 2.75) is 85.4 Å². The van der Waals surface area contributed by atoms with E-state index in [1.165, 1.54) is 54.0 Å². The van der Waals surface area contributed by atoms with Gasteiger partial charge < -0.3 is 14.4 Å². The summed E-state index contributed by atoms with van der Waals surface area (Å²) < 4.78 is 6.42. The molecular formula is C49H52IrN2OSi-2. The maximum Gasteiger partial charge on any atom is 0.121 e. The van der Waals surface area contributed by atoms with Crippen molar-refractivity contribution in [3.05, 3.63) is 139 Å². The average Bonchev–Trinajstić information content (AvgIpc) is 3.53. The van der Waals surface area contributed by atoms with Crippen LogP contribution in [-0.2, 0) is 32.9 Å². The Morgan fingerprint density at radius 2 is 1.52 bits per heavy atom. The summed E-state index contributed by atoms with van der Waals surface area (Å²) in [6.45, 7) is 14.1. The monoisotopic (exact) mass is 905 g/mol.